The van der Waals surface area contributed by atoms with E-state index in [1.54, 1.807) is 6.20 Å². The number of anilines is 1. The van der Waals surface area contributed by atoms with Crippen molar-refractivity contribution < 1.29 is 8.78 Å². The molecule has 0 bridgehead atoms. The number of imidazole rings is 1. The fourth-order valence-electron chi connectivity index (χ4n) is 6.86. The predicted molar refractivity (Wildman–Crippen MR) is 153 cm³/mol. The maximum atomic E-state index is 14.5. The van der Waals surface area contributed by atoms with Gasteiger partial charge in [0.2, 0.25) is 0 Å². The SMILES string of the molecule is Cc1cc(-c2cnc3cc(-c4ccc(N5CCC6(CCCCC6)CC5)cc4)ccn23)c2cc(F)cc(F)c2n1. The Kier molecular flexibility index (Phi) is 5.87. The van der Waals surface area contributed by atoms with Crippen LogP contribution in [0.2, 0.25) is 0 Å². The zero-order chi connectivity index (χ0) is 26.6. The molecule has 1 saturated heterocycles. The van der Waals surface area contributed by atoms with E-state index in [9.17, 15) is 8.78 Å². The first kappa shape index (κ1) is 24.3. The quantitative estimate of drug-likeness (QED) is 0.239. The van der Waals surface area contributed by atoms with Gasteiger partial charge in [-0.3, -0.25) is 4.40 Å². The average Bonchev–Trinajstić information content (AvgIpc) is 3.37. The molecule has 1 aliphatic carbocycles. The number of aryl methyl sites for hydroxylation is 1. The highest BCUT2D eigenvalue weighted by Gasteiger charge is 2.35. The van der Waals surface area contributed by atoms with E-state index < -0.39 is 11.6 Å². The molecular weight excluding hydrogens is 490 g/mol. The highest BCUT2D eigenvalue weighted by Crippen LogP contribution is 2.45. The lowest BCUT2D eigenvalue weighted by Gasteiger charge is -2.45. The van der Waals surface area contributed by atoms with Gasteiger partial charge in [0.15, 0.2) is 5.82 Å². The normalized spacial score (nSPS) is 17.4. The van der Waals surface area contributed by atoms with Crippen LogP contribution in [0, 0.1) is 24.0 Å². The number of pyridine rings is 2. The Morgan fingerprint density at radius 1 is 0.821 bits per heavy atom. The molecule has 0 atom stereocenters. The molecule has 0 N–H and O–H groups in total. The summed E-state index contributed by atoms with van der Waals surface area (Å²) >= 11 is 0. The van der Waals surface area contributed by atoms with Gasteiger partial charge in [-0.15, -0.1) is 0 Å². The predicted octanol–water partition coefficient (Wildman–Crippen LogP) is 8.35. The van der Waals surface area contributed by atoms with E-state index in [1.165, 1.54) is 56.7 Å². The number of halogens is 2. The molecule has 198 valence electrons. The standard InChI is InChI=1S/C33H32F2N4/c1-22-17-27(28-19-25(34)20-29(35)32(28)37-22)30-21-36-31-18-24(9-14-39(30)31)23-5-7-26(8-6-23)38-15-12-33(13-16-38)10-3-2-4-11-33/h5-9,14,17-21H,2-4,10-13,15-16H2,1H3. The molecule has 3 aromatic heterocycles. The Bertz CT molecular complexity index is 1670. The minimum Gasteiger partial charge on any atom is -0.371 e. The third kappa shape index (κ3) is 4.36. The van der Waals surface area contributed by atoms with Gasteiger partial charge in [-0.1, -0.05) is 31.4 Å². The summed E-state index contributed by atoms with van der Waals surface area (Å²) in [5, 5.41) is 0.437. The summed E-state index contributed by atoms with van der Waals surface area (Å²) in [5.74, 6) is -1.28. The van der Waals surface area contributed by atoms with E-state index in [0.717, 1.165) is 41.6 Å². The number of rotatable bonds is 3. The van der Waals surface area contributed by atoms with Gasteiger partial charge in [-0.2, -0.15) is 0 Å². The molecule has 39 heavy (non-hydrogen) atoms. The van der Waals surface area contributed by atoms with Crippen LogP contribution < -0.4 is 4.90 Å². The lowest BCUT2D eigenvalue weighted by Crippen LogP contribution is -2.41. The monoisotopic (exact) mass is 522 g/mol. The average molecular weight is 523 g/mol. The van der Waals surface area contributed by atoms with E-state index in [1.807, 2.05) is 23.6 Å². The molecule has 1 spiro atoms. The highest BCUT2D eigenvalue weighted by molar-refractivity contribution is 5.94. The summed E-state index contributed by atoms with van der Waals surface area (Å²) in [6, 6.07) is 17.1. The third-order valence-corrected chi connectivity index (χ3v) is 9.05. The second-order valence-corrected chi connectivity index (χ2v) is 11.5. The van der Waals surface area contributed by atoms with Crippen molar-refractivity contribution in [2.75, 3.05) is 18.0 Å². The molecular formula is C33H32F2N4. The van der Waals surface area contributed by atoms with Gasteiger partial charge in [-0.25, -0.2) is 18.7 Å². The highest BCUT2D eigenvalue weighted by atomic mass is 19.1. The first-order valence-corrected chi connectivity index (χ1v) is 14.1. The van der Waals surface area contributed by atoms with Crippen LogP contribution in [-0.4, -0.2) is 27.5 Å². The molecule has 1 aliphatic heterocycles. The van der Waals surface area contributed by atoms with Crippen molar-refractivity contribution in [3.63, 3.8) is 0 Å². The first-order chi connectivity index (χ1) is 19.0. The van der Waals surface area contributed by atoms with Crippen LogP contribution in [0.3, 0.4) is 0 Å². The van der Waals surface area contributed by atoms with Crippen molar-refractivity contribution >= 4 is 22.2 Å². The molecule has 6 heteroatoms. The van der Waals surface area contributed by atoms with Crippen LogP contribution in [0.4, 0.5) is 14.5 Å². The number of fused-ring (bicyclic) bond motifs is 2. The lowest BCUT2D eigenvalue weighted by atomic mass is 9.68. The van der Waals surface area contributed by atoms with Gasteiger partial charge in [0.25, 0.3) is 0 Å². The molecule has 1 saturated carbocycles. The van der Waals surface area contributed by atoms with Crippen LogP contribution in [0.1, 0.15) is 50.6 Å². The first-order valence-electron chi connectivity index (χ1n) is 14.1. The second kappa shape index (κ2) is 9.44. The van der Waals surface area contributed by atoms with Crippen molar-refractivity contribution in [3.8, 4) is 22.4 Å². The summed E-state index contributed by atoms with van der Waals surface area (Å²) < 4.78 is 30.6. The number of hydrogen-bond acceptors (Lipinski definition) is 3. The fourth-order valence-corrected chi connectivity index (χ4v) is 6.86. The summed E-state index contributed by atoms with van der Waals surface area (Å²) in [4.78, 5) is 11.5. The van der Waals surface area contributed by atoms with Gasteiger partial charge in [0.1, 0.15) is 17.0 Å². The minimum atomic E-state index is -0.660. The molecule has 2 aliphatic rings. The van der Waals surface area contributed by atoms with Crippen molar-refractivity contribution in [1.82, 2.24) is 14.4 Å². The zero-order valence-corrected chi connectivity index (χ0v) is 22.3. The minimum absolute atomic E-state index is 0.167. The Balaban J connectivity index is 1.16. The van der Waals surface area contributed by atoms with E-state index >= 15 is 0 Å². The van der Waals surface area contributed by atoms with Gasteiger partial charge in [0.05, 0.1) is 11.9 Å². The zero-order valence-electron chi connectivity index (χ0n) is 22.3. The smallest absolute Gasteiger partial charge is 0.152 e. The largest absolute Gasteiger partial charge is 0.371 e. The molecule has 7 rings (SSSR count). The van der Waals surface area contributed by atoms with E-state index in [4.69, 9.17) is 0 Å². The van der Waals surface area contributed by atoms with Gasteiger partial charge < -0.3 is 4.90 Å². The van der Waals surface area contributed by atoms with Crippen LogP contribution in [0.25, 0.3) is 38.9 Å². The van der Waals surface area contributed by atoms with Crippen molar-refractivity contribution in [2.24, 2.45) is 5.41 Å². The Labute approximate surface area is 227 Å². The number of hydrogen-bond donors (Lipinski definition) is 0. The number of nitrogens with zero attached hydrogens (tertiary/aromatic N) is 4. The topological polar surface area (TPSA) is 33.4 Å². The van der Waals surface area contributed by atoms with E-state index in [-0.39, 0.29) is 5.52 Å². The van der Waals surface area contributed by atoms with Crippen molar-refractivity contribution in [2.45, 2.75) is 51.9 Å². The molecule has 4 heterocycles. The third-order valence-electron chi connectivity index (χ3n) is 9.05. The number of benzene rings is 2. The molecule has 2 aromatic carbocycles. The van der Waals surface area contributed by atoms with Crippen LogP contribution in [-0.2, 0) is 0 Å². The molecule has 0 radical (unpaired) electrons. The maximum Gasteiger partial charge on any atom is 0.152 e. The van der Waals surface area contributed by atoms with Crippen LogP contribution in [0.5, 0.6) is 0 Å². The molecule has 4 nitrogen and oxygen atoms in total. The molecule has 0 amide bonds. The lowest BCUT2D eigenvalue weighted by molar-refractivity contribution is 0.144. The maximum absolute atomic E-state index is 14.5. The molecule has 0 unspecified atom stereocenters. The summed E-state index contributed by atoms with van der Waals surface area (Å²) in [5.41, 5.74) is 7.22. The summed E-state index contributed by atoms with van der Waals surface area (Å²) in [7, 11) is 0. The summed E-state index contributed by atoms with van der Waals surface area (Å²) in [6.07, 6.45) is 13.4. The summed E-state index contributed by atoms with van der Waals surface area (Å²) in [6.45, 7) is 4.12. The molecule has 5 aromatic rings. The second-order valence-electron chi connectivity index (χ2n) is 11.5. The van der Waals surface area contributed by atoms with Gasteiger partial charge >= 0.3 is 0 Å². The van der Waals surface area contributed by atoms with Crippen molar-refractivity contribution in [3.05, 3.63) is 84.3 Å². The van der Waals surface area contributed by atoms with E-state index in [2.05, 4.69) is 51.3 Å². The Morgan fingerprint density at radius 3 is 2.36 bits per heavy atom. The number of piperidine rings is 1. The fraction of sp³-hybridized carbons (Fsp3) is 0.333. The number of aromatic nitrogens is 3. The van der Waals surface area contributed by atoms with Crippen LogP contribution >= 0.6 is 0 Å². The van der Waals surface area contributed by atoms with Crippen LogP contribution in [0.15, 0.2) is 67.0 Å². The van der Waals surface area contributed by atoms with Gasteiger partial charge in [0, 0.05) is 47.7 Å². The Hall–Kier alpha value is -3.80. The van der Waals surface area contributed by atoms with Gasteiger partial charge in [-0.05, 0) is 85.5 Å². The Morgan fingerprint density at radius 2 is 1.59 bits per heavy atom. The van der Waals surface area contributed by atoms with Crippen molar-refractivity contribution in [1.29, 1.82) is 0 Å². The molecule has 2 fully saturated rings. The van der Waals surface area contributed by atoms with E-state index in [0.29, 0.717) is 22.1 Å².